The van der Waals surface area contributed by atoms with Crippen LogP contribution >= 0.6 is 11.8 Å². The lowest BCUT2D eigenvalue weighted by Gasteiger charge is -2.25. The first-order chi connectivity index (χ1) is 13.9. The zero-order chi connectivity index (χ0) is 21.3. The van der Waals surface area contributed by atoms with Crippen LogP contribution in [0.3, 0.4) is 0 Å². The summed E-state index contributed by atoms with van der Waals surface area (Å²) in [5, 5.41) is 21.5. The molecule has 0 spiro atoms. The number of methoxy groups -OCH3 is 1. The maximum absolute atomic E-state index is 12.6. The normalized spacial score (nSPS) is 25.0. The van der Waals surface area contributed by atoms with Crippen LogP contribution in [0.1, 0.15) is 51.4 Å². The first-order valence-corrected chi connectivity index (χ1v) is 11.3. The zero-order valence-corrected chi connectivity index (χ0v) is 18.0. The second-order valence-corrected chi connectivity index (χ2v) is 8.27. The number of aliphatic hydroxyl groups is 2. The monoisotopic (exact) mass is 418 g/mol. The van der Waals surface area contributed by atoms with Crippen molar-refractivity contribution >= 4 is 23.5 Å². The molecule has 0 saturated heterocycles. The van der Waals surface area contributed by atoms with Crippen molar-refractivity contribution < 1.29 is 24.5 Å². The smallest absolute Gasteiger partial charge is 0.305 e. The standard InChI is InChI=1S/C23H30O5S/c1-28-21(25)13-9-4-3-8-12-18-22(26)20(29-2)16-23(18,27)15-14-19(24)17-10-6-5-7-11-17/h12,14-17,19,24,27H,4-7,9-11,13H2,1-2H3/b15-14+,18-12+. The van der Waals surface area contributed by atoms with Gasteiger partial charge in [-0.25, -0.2) is 0 Å². The van der Waals surface area contributed by atoms with Crippen LogP contribution in [0.25, 0.3) is 0 Å². The summed E-state index contributed by atoms with van der Waals surface area (Å²) in [6.07, 6.45) is 14.0. The predicted octanol–water partition coefficient (Wildman–Crippen LogP) is 3.32. The average Bonchev–Trinajstić information content (AvgIpc) is 2.99. The Kier molecular flexibility index (Phi) is 9.22. The molecule has 6 heteroatoms. The largest absolute Gasteiger partial charge is 0.469 e. The predicted molar refractivity (Wildman–Crippen MR) is 115 cm³/mol. The first-order valence-electron chi connectivity index (χ1n) is 10.1. The van der Waals surface area contributed by atoms with Crippen LogP contribution < -0.4 is 0 Å². The van der Waals surface area contributed by atoms with Gasteiger partial charge in [0.2, 0.25) is 0 Å². The Bertz CT molecular complexity index is 749. The molecule has 2 N–H and O–H groups in total. The maximum Gasteiger partial charge on any atom is 0.305 e. The van der Waals surface area contributed by atoms with Crippen LogP contribution in [0.4, 0.5) is 0 Å². The van der Waals surface area contributed by atoms with E-state index in [0.29, 0.717) is 24.2 Å². The quantitative estimate of drug-likeness (QED) is 0.217. The lowest BCUT2D eigenvalue weighted by molar-refractivity contribution is -0.140. The molecule has 0 aliphatic heterocycles. The topological polar surface area (TPSA) is 83.8 Å². The molecule has 1 fully saturated rings. The van der Waals surface area contributed by atoms with Crippen molar-refractivity contribution in [2.75, 3.05) is 13.4 Å². The van der Waals surface area contributed by atoms with Gasteiger partial charge in [0.1, 0.15) is 5.60 Å². The molecular weight excluding hydrogens is 388 g/mol. The summed E-state index contributed by atoms with van der Waals surface area (Å²) in [4.78, 5) is 24.2. The summed E-state index contributed by atoms with van der Waals surface area (Å²) in [6.45, 7) is 0. The van der Waals surface area contributed by atoms with E-state index in [-0.39, 0.29) is 23.2 Å². The highest BCUT2D eigenvalue weighted by Gasteiger charge is 2.40. The number of hydrogen-bond donors (Lipinski definition) is 2. The molecule has 0 heterocycles. The van der Waals surface area contributed by atoms with Crippen LogP contribution in [0, 0.1) is 17.8 Å². The van der Waals surface area contributed by atoms with Gasteiger partial charge in [0.25, 0.3) is 0 Å². The van der Waals surface area contributed by atoms with Crippen molar-refractivity contribution in [2.24, 2.45) is 5.92 Å². The highest BCUT2D eigenvalue weighted by atomic mass is 32.2. The van der Waals surface area contributed by atoms with Crippen LogP contribution in [0.15, 0.2) is 34.8 Å². The molecule has 2 aliphatic carbocycles. The number of aliphatic hydroxyl groups excluding tert-OH is 1. The fraction of sp³-hybridized carbons (Fsp3) is 0.565. The van der Waals surface area contributed by atoms with Crippen molar-refractivity contribution in [3.8, 4) is 11.8 Å². The van der Waals surface area contributed by atoms with Gasteiger partial charge in [0, 0.05) is 18.4 Å². The van der Waals surface area contributed by atoms with Crippen molar-refractivity contribution in [3.05, 3.63) is 34.8 Å². The molecule has 0 amide bonds. The number of rotatable bonds is 7. The highest BCUT2D eigenvalue weighted by molar-refractivity contribution is 8.03. The molecule has 0 aromatic heterocycles. The van der Waals surface area contributed by atoms with E-state index < -0.39 is 11.7 Å². The number of ketones is 1. The number of unbranched alkanes of at least 4 members (excludes halogenated alkanes) is 1. The van der Waals surface area contributed by atoms with Crippen LogP contribution in [-0.2, 0) is 14.3 Å². The van der Waals surface area contributed by atoms with E-state index in [4.69, 9.17) is 0 Å². The Morgan fingerprint density at radius 1 is 1.41 bits per heavy atom. The van der Waals surface area contributed by atoms with Crippen molar-refractivity contribution in [2.45, 2.75) is 63.1 Å². The van der Waals surface area contributed by atoms with Crippen LogP contribution in [-0.4, -0.2) is 47.0 Å². The Morgan fingerprint density at radius 3 is 2.79 bits per heavy atom. The van der Waals surface area contributed by atoms with Crippen molar-refractivity contribution in [1.29, 1.82) is 0 Å². The molecule has 2 rings (SSSR count). The SMILES string of the molecule is COC(=O)CCCC#C/C=C1\C(=O)C(SC)=CC1(O)/C=C/C(O)C1CCCCC1. The Labute approximate surface area is 177 Å². The minimum absolute atomic E-state index is 0.189. The Balaban J connectivity index is 2.09. The van der Waals surface area contributed by atoms with Crippen LogP contribution in [0.5, 0.6) is 0 Å². The number of carbonyl (C=O) groups excluding carboxylic acids is 2. The molecule has 2 atom stereocenters. The van der Waals surface area contributed by atoms with E-state index in [9.17, 15) is 19.8 Å². The third-order valence-electron chi connectivity index (χ3n) is 5.38. The Hall–Kier alpha value is -1.81. The summed E-state index contributed by atoms with van der Waals surface area (Å²) in [7, 11) is 1.35. The zero-order valence-electron chi connectivity index (χ0n) is 17.1. The summed E-state index contributed by atoms with van der Waals surface area (Å²) in [5.74, 6) is 5.39. The number of Topliss-reactive ketones (excluding diaryl/α,β-unsaturated/α-hetero) is 1. The number of carbonyl (C=O) groups is 2. The Morgan fingerprint density at radius 2 is 2.14 bits per heavy atom. The molecule has 0 radical (unpaired) electrons. The van der Waals surface area contributed by atoms with Gasteiger partial charge in [-0.15, -0.1) is 11.8 Å². The number of esters is 1. The van der Waals surface area contributed by atoms with E-state index in [0.717, 1.165) is 25.7 Å². The van der Waals surface area contributed by atoms with Crippen molar-refractivity contribution in [1.82, 2.24) is 0 Å². The molecule has 2 aliphatic rings. The van der Waals surface area contributed by atoms with Gasteiger partial charge in [-0.05, 0) is 49.7 Å². The fourth-order valence-corrected chi connectivity index (χ4v) is 4.22. The summed E-state index contributed by atoms with van der Waals surface area (Å²) >= 11 is 1.28. The molecule has 0 bridgehead atoms. The van der Waals surface area contributed by atoms with E-state index in [1.54, 1.807) is 12.3 Å². The molecule has 0 aromatic rings. The summed E-state index contributed by atoms with van der Waals surface area (Å²) < 4.78 is 4.58. The first kappa shape index (κ1) is 23.5. The van der Waals surface area contributed by atoms with E-state index in [2.05, 4.69) is 16.6 Å². The van der Waals surface area contributed by atoms with Crippen molar-refractivity contribution in [3.63, 3.8) is 0 Å². The third-order valence-corrected chi connectivity index (χ3v) is 6.12. The van der Waals surface area contributed by atoms with Gasteiger partial charge in [-0.1, -0.05) is 37.2 Å². The highest BCUT2D eigenvalue weighted by Crippen LogP contribution is 2.37. The molecular formula is C23H30O5S. The fourth-order valence-electron chi connectivity index (χ4n) is 3.63. The summed E-state index contributed by atoms with van der Waals surface area (Å²) in [6, 6.07) is 0. The number of thioether (sulfide) groups is 1. The van der Waals surface area contributed by atoms with E-state index in [1.807, 2.05) is 0 Å². The van der Waals surface area contributed by atoms with Gasteiger partial charge >= 0.3 is 5.97 Å². The molecule has 158 valence electrons. The minimum Gasteiger partial charge on any atom is -0.469 e. The van der Waals surface area contributed by atoms with E-state index in [1.165, 1.54) is 43.5 Å². The number of allylic oxidation sites excluding steroid dienone is 2. The molecule has 29 heavy (non-hydrogen) atoms. The molecule has 2 unspecified atom stereocenters. The molecule has 1 saturated carbocycles. The van der Waals surface area contributed by atoms with Gasteiger partial charge in [-0.3, -0.25) is 9.59 Å². The van der Waals surface area contributed by atoms with Gasteiger partial charge in [0.15, 0.2) is 5.78 Å². The number of hydrogen-bond acceptors (Lipinski definition) is 6. The maximum atomic E-state index is 12.6. The van der Waals surface area contributed by atoms with Gasteiger partial charge < -0.3 is 14.9 Å². The lowest BCUT2D eigenvalue weighted by atomic mass is 9.84. The third kappa shape index (κ3) is 6.60. The van der Waals surface area contributed by atoms with E-state index >= 15 is 0 Å². The number of ether oxygens (including phenoxy) is 1. The van der Waals surface area contributed by atoms with Gasteiger partial charge in [-0.2, -0.15) is 0 Å². The van der Waals surface area contributed by atoms with Gasteiger partial charge in [0.05, 0.1) is 18.1 Å². The second kappa shape index (κ2) is 11.4. The molecule has 5 nitrogen and oxygen atoms in total. The minimum atomic E-state index is -1.56. The summed E-state index contributed by atoms with van der Waals surface area (Å²) in [5.41, 5.74) is -1.37. The second-order valence-electron chi connectivity index (χ2n) is 7.42. The van der Waals surface area contributed by atoms with Crippen LogP contribution in [0.2, 0.25) is 0 Å². The lowest BCUT2D eigenvalue weighted by Crippen LogP contribution is -2.27. The molecule has 0 aromatic carbocycles. The average molecular weight is 419 g/mol.